The number of nitrogens with one attached hydrogen (secondary N) is 1. The van der Waals surface area contributed by atoms with Crippen LogP contribution in [-0.4, -0.2) is 6.54 Å². The number of rotatable bonds is 5. The Morgan fingerprint density at radius 2 is 2.00 bits per heavy atom. The third-order valence-corrected chi connectivity index (χ3v) is 5.63. The summed E-state index contributed by atoms with van der Waals surface area (Å²) in [5.74, 6) is 0. The molecule has 1 aromatic heterocycles. The lowest BCUT2D eigenvalue weighted by Crippen LogP contribution is -2.23. The quantitative estimate of drug-likeness (QED) is 0.781. The van der Waals surface area contributed by atoms with Crippen molar-refractivity contribution in [1.29, 1.82) is 0 Å². The van der Waals surface area contributed by atoms with Crippen LogP contribution in [0.1, 0.15) is 53.8 Å². The van der Waals surface area contributed by atoms with Gasteiger partial charge in [-0.3, -0.25) is 0 Å². The van der Waals surface area contributed by atoms with Crippen LogP contribution in [0, 0.1) is 0 Å². The van der Waals surface area contributed by atoms with E-state index in [9.17, 15) is 0 Å². The van der Waals surface area contributed by atoms with E-state index in [0.717, 1.165) is 18.0 Å². The number of thiophene rings is 1. The molecule has 1 heterocycles. The lowest BCUT2D eigenvalue weighted by Gasteiger charge is -2.22. The zero-order valence-electron chi connectivity index (χ0n) is 12.5. The molecule has 0 saturated carbocycles. The van der Waals surface area contributed by atoms with Crippen LogP contribution >= 0.6 is 22.9 Å². The molecular formula is C18H22ClNS. The second-order valence-electron chi connectivity index (χ2n) is 5.76. The van der Waals surface area contributed by atoms with E-state index in [1.165, 1.54) is 47.3 Å². The minimum Gasteiger partial charge on any atom is -0.306 e. The van der Waals surface area contributed by atoms with E-state index in [1.54, 1.807) is 11.3 Å². The highest BCUT2D eigenvalue weighted by atomic mass is 35.5. The molecule has 0 spiro atoms. The smallest absolute Gasteiger partial charge is 0.0686 e. The van der Waals surface area contributed by atoms with Crippen molar-refractivity contribution in [3.05, 3.63) is 56.2 Å². The molecule has 1 nitrogen and oxygen atoms in total. The Labute approximate surface area is 136 Å². The highest BCUT2D eigenvalue weighted by Crippen LogP contribution is 2.34. The fourth-order valence-corrected chi connectivity index (χ4v) is 4.36. The summed E-state index contributed by atoms with van der Waals surface area (Å²) < 4.78 is 0. The van der Waals surface area contributed by atoms with Gasteiger partial charge in [-0.1, -0.05) is 36.7 Å². The van der Waals surface area contributed by atoms with Gasteiger partial charge in [-0.05, 0) is 66.8 Å². The third kappa shape index (κ3) is 3.33. The van der Waals surface area contributed by atoms with Gasteiger partial charge < -0.3 is 5.32 Å². The van der Waals surface area contributed by atoms with Gasteiger partial charge in [0.25, 0.3) is 0 Å². The van der Waals surface area contributed by atoms with Crippen LogP contribution in [0.4, 0.5) is 0 Å². The zero-order chi connectivity index (χ0) is 14.7. The van der Waals surface area contributed by atoms with E-state index in [-0.39, 0.29) is 6.04 Å². The molecule has 0 radical (unpaired) electrons. The van der Waals surface area contributed by atoms with Gasteiger partial charge >= 0.3 is 0 Å². The number of halogens is 1. The van der Waals surface area contributed by atoms with Gasteiger partial charge in [0.05, 0.1) is 11.1 Å². The first-order valence-corrected chi connectivity index (χ1v) is 9.13. The number of fused-ring (bicyclic) bond motifs is 1. The summed E-state index contributed by atoms with van der Waals surface area (Å²) in [6.45, 7) is 3.21. The number of hydrogen-bond acceptors (Lipinski definition) is 2. The fraction of sp³-hybridized carbons (Fsp3) is 0.444. The molecule has 0 amide bonds. The van der Waals surface area contributed by atoms with Crippen LogP contribution < -0.4 is 5.32 Å². The molecule has 1 aromatic carbocycles. The standard InChI is InChI=1S/C18H22ClNS/c1-2-10-20-17(18-16(19)9-11-21-18)15-8-7-13-5-3-4-6-14(13)12-15/h7-9,11-12,17,20H,2-6,10H2,1H3. The lowest BCUT2D eigenvalue weighted by atomic mass is 9.89. The molecule has 112 valence electrons. The predicted molar refractivity (Wildman–Crippen MR) is 92.5 cm³/mol. The van der Waals surface area contributed by atoms with Crippen molar-refractivity contribution >= 4 is 22.9 Å². The van der Waals surface area contributed by atoms with Crippen LogP contribution in [0.25, 0.3) is 0 Å². The topological polar surface area (TPSA) is 12.0 Å². The molecule has 0 fully saturated rings. The Kier molecular flexibility index (Phi) is 4.99. The van der Waals surface area contributed by atoms with E-state index < -0.39 is 0 Å². The first-order chi connectivity index (χ1) is 10.3. The van der Waals surface area contributed by atoms with E-state index in [1.807, 2.05) is 6.07 Å². The van der Waals surface area contributed by atoms with Gasteiger partial charge in [-0.15, -0.1) is 11.3 Å². The molecule has 0 saturated heterocycles. The maximum atomic E-state index is 6.38. The Balaban J connectivity index is 1.94. The number of hydrogen-bond donors (Lipinski definition) is 1. The summed E-state index contributed by atoms with van der Waals surface area (Å²) in [5, 5.41) is 6.62. The minimum atomic E-state index is 0.227. The molecule has 1 unspecified atom stereocenters. The first kappa shape index (κ1) is 15.1. The molecule has 0 bridgehead atoms. The van der Waals surface area contributed by atoms with Gasteiger partial charge in [0.15, 0.2) is 0 Å². The third-order valence-electron chi connectivity index (χ3n) is 4.21. The molecule has 3 rings (SSSR count). The molecule has 1 aliphatic carbocycles. The summed E-state index contributed by atoms with van der Waals surface area (Å²) >= 11 is 8.12. The first-order valence-electron chi connectivity index (χ1n) is 7.87. The Hall–Kier alpha value is -0.830. The molecule has 1 aliphatic rings. The molecule has 1 N–H and O–H groups in total. The van der Waals surface area contributed by atoms with Crippen molar-refractivity contribution in [1.82, 2.24) is 5.32 Å². The van der Waals surface area contributed by atoms with E-state index in [4.69, 9.17) is 11.6 Å². The summed E-state index contributed by atoms with van der Waals surface area (Å²) in [4.78, 5) is 1.24. The Morgan fingerprint density at radius 1 is 1.19 bits per heavy atom. The van der Waals surface area contributed by atoms with Crippen molar-refractivity contribution in [3.8, 4) is 0 Å². The number of aryl methyl sites for hydroxylation is 2. The van der Waals surface area contributed by atoms with Crippen LogP contribution in [-0.2, 0) is 12.8 Å². The van der Waals surface area contributed by atoms with Gasteiger partial charge in [0.1, 0.15) is 0 Å². The van der Waals surface area contributed by atoms with Gasteiger partial charge in [-0.25, -0.2) is 0 Å². The van der Waals surface area contributed by atoms with Crippen LogP contribution in [0.3, 0.4) is 0 Å². The molecular weight excluding hydrogens is 298 g/mol. The van der Waals surface area contributed by atoms with Crippen molar-refractivity contribution in [2.75, 3.05) is 6.54 Å². The second-order valence-corrected chi connectivity index (χ2v) is 7.11. The highest BCUT2D eigenvalue weighted by molar-refractivity contribution is 7.10. The summed E-state index contributed by atoms with van der Waals surface area (Å²) in [7, 11) is 0. The average molecular weight is 320 g/mol. The molecule has 21 heavy (non-hydrogen) atoms. The van der Waals surface area contributed by atoms with Crippen LogP contribution in [0.5, 0.6) is 0 Å². The molecule has 2 aromatic rings. The van der Waals surface area contributed by atoms with Gasteiger partial charge in [0.2, 0.25) is 0 Å². The largest absolute Gasteiger partial charge is 0.306 e. The maximum Gasteiger partial charge on any atom is 0.0686 e. The molecule has 3 heteroatoms. The monoisotopic (exact) mass is 319 g/mol. The fourth-order valence-electron chi connectivity index (χ4n) is 3.09. The molecule has 1 atom stereocenters. The lowest BCUT2D eigenvalue weighted by molar-refractivity contribution is 0.603. The normalized spacial score (nSPS) is 15.7. The summed E-state index contributed by atoms with van der Waals surface area (Å²) in [5.41, 5.74) is 4.43. The van der Waals surface area contributed by atoms with Crippen molar-refractivity contribution in [3.63, 3.8) is 0 Å². The van der Waals surface area contributed by atoms with E-state index in [2.05, 4.69) is 35.8 Å². The Bertz CT molecular complexity index is 605. The zero-order valence-corrected chi connectivity index (χ0v) is 14.1. The van der Waals surface area contributed by atoms with Gasteiger partial charge in [0, 0.05) is 4.88 Å². The SMILES string of the molecule is CCCNC(c1ccc2c(c1)CCCC2)c1sccc1Cl. The van der Waals surface area contributed by atoms with E-state index >= 15 is 0 Å². The van der Waals surface area contributed by atoms with Crippen molar-refractivity contribution < 1.29 is 0 Å². The Morgan fingerprint density at radius 3 is 2.71 bits per heavy atom. The van der Waals surface area contributed by atoms with E-state index in [0.29, 0.717) is 0 Å². The predicted octanol–water partition coefficient (Wildman–Crippen LogP) is 5.37. The average Bonchev–Trinajstić information content (AvgIpc) is 2.94. The van der Waals surface area contributed by atoms with Crippen LogP contribution in [0.15, 0.2) is 29.6 Å². The minimum absolute atomic E-state index is 0.227. The highest BCUT2D eigenvalue weighted by Gasteiger charge is 2.19. The number of benzene rings is 1. The van der Waals surface area contributed by atoms with Crippen molar-refractivity contribution in [2.45, 2.75) is 45.1 Å². The second kappa shape index (κ2) is 6.95. The van der Waals surface area contributed by atoms with Crippen molar-refractivity contribution in [2.24, 2.45) is 0 Å². The summed E-state index contributed by atoms with van der Waals surface area (Å²) in [6, 6.07) is 9.24. The van der Waals surface area contributed by atoms with Crippen LogP contribution in [0.2, 0.25) is 5.02 Å². The van der Waals surface area contributed by atoms with Gasteiger partial charge in [-0.2, -0.15) is 0 Å². The maximum absolute atomic E-state index is 6.38. The molecule has 0 aliphatic heterocycles. The summed E-state index contributed by atoms with van der Waals surface area (Å²) in [6.07, 6.45) is 6.25.